The highest BCUT2D eigenvalue weighted by molar-refractivity contribution is 6.30. The third kappa shape index (κ3) is 4.32. The quantitative estimate of drug-likeness (QED) is 0.586. The van der Waals surface area contributed by atoms with Crippen LogP contribution in [0.3, 0.4) is 0 Å². The molecule has 1 N–H and O–H groups in total. The molecule has 5 rings (SSSR count). The number of morpholine rings is 1. The predicted octanol–water partition coefficient (Wildman–Crippen LogP) is 2.58. The number of hydrogen-bond donors (Lipinski definition) is 1. The molecule has 1 fully saturated rings. The van der Waals surface area contributed by atoms with E-state index in [1.165, 1.54) is 9.47 Å². The molecule has 0 aliphatic carbocycles. The normalized spacial score (nSPS) is 17.6. The van der Waals surface area contributed by atoms with E-state index < -0.39 is 6.04 Å². The summed E-state index contributed by atoms with van der Waals surface area (Å²) in [7, 11) is 0. The number of aromatic nitrogens is 1. The van der Waals surface area contributed by atoms with E-state index in [0.29, 0.717) is 42.4 Å². The monoisotopic (exact) mass is 480 g/mol. The molecule has 3 aromatic rings. The van der Waals surface area contributed by atoms with Crippen LogP contribution >= 0.6 is 11.6 Å². The average molecular weight is 481 g/mol. The van der Waals surface area contributed by atoms with E-state index >= 15 is 0 Å². The Bertz CT molecular complexity index is 1230. The van der Waals surface area contributed by atoms with Crippen molar-refractivity contribution in [3.8, 4) is 0 Å². The molecule has 34 heavy (non-hydrogen) atoms. The average Bonchev–Trinajstić information content (AvgIpc) is 3.25. The Kier molecular flexibility index (Phi) is 6.36. The molecule has 2 amide bonds. The molecular formula is C25H25ClN4O4. The van der Waals surface area contributed by atoms with Gasteiger partial charge < -0.3 is 15.0 Å². The maximum atomic E-state index is 13.6. The highest BCUT2D eigenvalue weighted by atomic mass is 35.5. The Morgan fingerprint density at radius 1 is 1.06 bits per heavy atom. The summed E-state index contributed by atoms with van der Waals surface area (Å²) in [5.74, 6) is -0.948. The molecular weight excluding hydrogens is 456 g/mol. The number of carbonyl (C=O) groups is 3. The summed E-state index contributed by atoms with van der Waals surface area (Å²) in [6.07, 6.45) is 0. The summed E-state index contributed by atoms with van der Waals surface area (Å²) in [6, 6.07) is 14.9. The first-order chi connectivity index (χ1) is 16.5. The number of carbonyl (C=O) groups excluding carboxylic acids is 3. The van der Waals surface area contributed by atoms with E-state index in [1.807, 2.05) is 24.3 Å². The number of rotatable bonds is 6. The summed E-state index contributed by atoms with van der Waals surface area (Å²) >= 11 is 6.06. The number of halogens is 1. The number of benzene rings is 2. The maximum Gasteiger partial charge on any atom is 0.272 e. The van der Waals surface area contributed by atoms with Crippen molar-refractivity contribution in [2.45, 2.75) is 6.04 Å². The fourth-order valence-electron chi connectivity index (χ4n) is 4.60. The lowest BCUT2D eigenvalue weighted by atomic mass is 10.0. The van der Waals surface area contributed by atoms with Gasteiger partial charge in [0.1, 0.15) is 18.3 Å². The van der Waals surface area contributed by atoms with Crippen molar-refractivity contribution in [2.75, 3.05) is 45.9 Å². The van der Waals surface area contributed by atoms with Crippen LogP contribution in [0.4, 0.5) is 0 Å². The Balaban J connectivity index is 1.42. The number of amides is 2. The third-order valence-corrected chi connectivity index (χ3v) is 6.57. The van der Waals surface area contributed by atoms with Crippen LogP contribution in [0.15, 0.2) is 54.6 Å². The summed E-state index contributed by atoms with van der Waals surface area (Å²) < 4.78 is 6.81. The van der Waals surface area contributed by atoms with Gasteiger partial charge in [0.25, 0.3) is 11.8 Å². The Labute approximate surface area is 202 Å². The van der Waals surface area contributed by atoms with Gasteiger partial charge in [0.2, 0.25) is 5.91 Å². The van der Waals surface area contributed by atoms with Crippen LogP contribution in [0.5, 0.6) is 0 Å². The van der Waals surface area contributed by atoms with Crippen molar-refractivity contribution < 1.29 is 19.1 Å². The minimum Gasteiger partial charge on any atom is -0.379 e. The standard InChI is InChI=1S/C25H25ClN4O4/c26-19-7-5-17(6-8-19)23(24(32)27-9-10-28-11-13-34-14-12-28)29-16-22(31)30-20-4-2-1-3-18(20)15-21(30)25(29)33/h1-8,15,23H,9-14,16H2,(H,27,32). The van der Waals surface area contributed by atoms with Crippen molar-refractivity contribution in [2.24, 2.45) is 0 Å². The van der Waals surface area contributed by atoms with Crippen LogP contribution in [-0.4, -0.2) is 78.0 Å². The Morgan fingerprint density at radius 2 is 1.79 bits per heavy atom. The van der Waals surface area contributed by atoms with E-state index in [4.69, 9.17) is 16.3 Å². The molecule has 176 valence electrons. The number of fused-ring (bicyclic) bond motifs is 3. The Morgan fingerprint density at radius 3 is 2.56 bits per heavy atom. The molecule has 9 heteroatoms. The highest BCUT2D eigenvalue weighted by Crippen LogP contribution is 2.30. The molecule has 8 nitrogen and oxygen atoms in total. The largest absolute Gasteiger partial charge is 0.379 e. The molecule has 1 unspecified atom stereocenters. The smallest absolute Gasteiger partial charge is 0.272 e. The molecule has 0 radical (unpaired) electrons. The van der Waals surface area contributed by atoms with Crippen molar-refractivity contribution in [3.05, 3.63) is 70.9 Å². The van der Waals surface area contributed by atoms with E-state index in [2.05, 4.69) is 10.2 Å². The molecule has 1 saturated heterocycles. The number of para-hydroxylation sites is 1. The Hall–Kier alpha value is -3.20. The number of nitrogens with zero attached hydrogens (tertiary/aromatic N) is 3. The van der Waals surface area contributed by atoms with Gasteiger partial charge in [-0.3, -0.25) is 23.9 Å². The van der Waals surface area contributed by atoms with Crippen LogP contribution < -0.4 is 5.32 Å². The van der Waals surface area contributed by atoms with Crippen molar-refractivity contribution >= 4 is 40.2 Å². The van der Waals surface area contributed by atoms with Gasteiger partial charge in [-0.15, -0.1) is 0 Å². The number of nitrogens with one attached hydrogen (secondary N) is 1. The molecule has 0 saturated carbocycles. The van der Waals surface area contributed by atoms with E-state index in [9.17, 15) is 14.4 Å². The predicted molar refractivity (Wildman–Crippen MR) is 128 cm³/mol. The van der Waals surface area contributed by atoms with E-state index in [0.717, 1.165) is 18.5 Å². The van der Waals surface area contributed by atoms with Crippen LogP contribution in [0.1, 0.15) is 26.9 Å². The second-order valence-corrected chi connectivity index (χ2v) is 8.89. The maximum absolute atomic E-state index is 13.6. The van der Waals surface area contributed by atoms with Crippen molar-refractivity contribution in [3.63, 3.8) is 0 Å². The fourth-order valence-corrected chi connectivity index (χ4v) is 4.73. The van der Waals surface area contributed by atoms with Crippen LogP contribution in [0.2, 0.25) is 5.02 Å². The SMILES string of the molecule is O=C(NCCN1CCOCC1)C(c1ccc(Cl)cc1)N1CC(=O)n2c(cc3ccccc32)C1=O. The van der Waals surface area contributed by atoms with Crippen LogP contribution in [0.25, 0.3) is 10.9 Å². The van der Waals surface area contributed by atoms with E-state index in [1.54, 1.807) is 30.3 Å². The number of hydrogen-bond acceptors (Lipinski definition) is 5. The topological polar surface area (TPSA) is 83.9 Å². The second-order valence-electron chi connectivity index (χ2n) is 8.45. The summed E-state index contributed by atoms with van der Waals surface area (Å²) in [4.78, 5) is 43.7. The molecule has 0 spiro atoms. The summed E-state index contributed by atoms with van der Waals surface area (Å²) in [5, 5.41) is 4.29. The molecule has 0 bridgehead atoms. The van der Waals surface area contributed by atoms with Gasteiger partial charge in [-0.05, 0) is 29.8 Å². The highest BCUT2D eigenvalue weighted by Gasteiger charge is 2.39. The first kappa shape index (κ1) is 22.6. The zero-order valence-electron chi connectivity index (χ0n) is 18.6. The lowest BCUT2D eigenvalue weighted by Gasteiger charge is -2.34. The lowest BCUT2D eigenvalue weighted by molar-refractivity contribution is -0.125. The number of ether oxygens (including phenoxy) is 1. The molecule has 1 atom stereocenters. The summed E-state index contributed by atoms with van der Waals surface area (Å²) in [5.41, 5.74) is 1.55. The van der Waals surface area contributed by atoms with Gasteiger partial charge in [-0.1, -0.05) is 41.9 Å². The van der Waals surface area contributed by atoms with Gasteiger partial charge in [0.05, 0.1) is 18.7 Å². The second kappa shape index (κ2) is 9.58. The van der Waals surface area contributed by atoms with Gasteiger partial charge in [-0.2, -0.15) is 0 Å². The zero-order valence-corrected chi connectivity index (χ0v) is 19.3. The minimum absolute atomic E-state index is 0.200. The minimum atomic E-state index is -0.954. The zero-order chi connectivity index (χ0) is 23.7. The van der Waals surface area contributed by atoms with Crippen LogP contribution in [-0.2, 0) is 9.53 Å². The molecule has 1 aromatic heterocycles. The molecule has 2 aliphatic heterocycles. The van der Waals surface area contributed by atoms with E-state index in [-0.39, 0.29) is 30.0 Å². The van der Waals surface area contributed by atoms with Gasteiger partial charge >= 0.3 is 0 Å². The fraction of sp³-hybridized carbons (Fsp3) is 0.320. The van der Waals surface area contributed by atoms with Gasteiger partial charge in [0.15, 0.2) is 0 Å². The first-order valence-electron chi connectivity index (χ1n) is 11.3. The van der Waals surface area contributed by atoms with Crippen LogP contribution in [0, 0.1) is 0 Å². The lowest BCUT2D eigenvalue weighted by Crippen LogP contribution is -2.51. The molecule has 2 aromatic carbocycles. The van der Waals surface area contributed by atoms with Gasteiger partial charge in [-0.25, -0.2) is 0 Å². The third-order valence-electron chi connectivity index (χ3n) is 6.32. The first-order valence-corrected chi connectivity index (χ1v) is 11.7. The molecule has 3 heterocycles. The van der Waals surface area contributed by atoms with Crippen molar-refractivity contribution in [1.82, 2.24) is 19.7 Å². The molecule has 2 aliphatic rings. The van der Waals surface area contributed by atoms with Gasteiger partial charge in [0, 0.05) is 36.6 Å². The summed E-state index contributed by atoms with van der Waals surface area (Å²) in [6.45, 7) is 3.91. The van der Waals surface area contributed by atoms with Crippen molar-refractivity contribution in [1.29, 1.82) is 0 Å².